The van der Waals surface area contributed by atoms with Crippen LogP contribution in [0.25, 0.3) is 0 Å². The lowest BCUT2D eigenvalue weighted by Crippen LogP contribution is -1.93. The van der Waals surface area contributed by atoms with Gasteiger partial charge in [0.2, 0.25) is 0 Å². The third-order valence-corrected chi connectivity index (χ3v) is 2.84. The SMILES string of the molecule is [2H]C([2H])(C=CCC)C=CCCC=CCCCCCCC(=O)O. The van der Waals surface area contributed by atoms with Gasteiger partial charge >= 0.3 is 5.97 Å². The molecule has 0 aliphatic rings. The summed E-state index contributed by atoms with van der Waals surface area (Å²) in [7, 11) is 0. The molecule has 0 spiro atoms. The number of allylic oxidation sites excluding steroid dienone is 6. The largest absolute Gasteiger partial charge is 0.481 e. The molecule has 2 nitrogen and oxygen atoms in total. The normalized spacial score (nSPS) is 14.2. The first-order valence-electron chi connectivity index (χ1n) is 8.70. The zero-order valence-corrected chi connectivity index (χ0v) is 12.7. The van der Waals surface area contributed by atoms with E-state index < -0.39 is 12.3 Å². The molecule has 0 heterocycles. The fourth-order valence-electron chi connectivity index (χ4n) is 1.71. The van der Waals surface area contributed by atoms with E-state index in [4.69, 9.17) is 7.85 Å². The van der Waals surface area contributed by atoms with E-state index in [1.165, 1.54) is 0 Å². The molecule has 0 fully saturated rings. The second kappa shape index (κ2) is 15.7. The minimum atomic E-state index is -1.34. The van der Waals surface area contributed by atoms with Crippen molar-refractivity contribution < 1.29 is 12.6 Å². The molecule has 0 atom stereocenters. The van der Waals surface area contributed by atoms with Gasteiger partial charge in [-0.25, -0.2) is 0 Å². The second-order valence-corrected chi connectivity index (χ2v) is 4.78. The maximum atomic E-state index is 10.3. The van der Waals surface area contributed by atoms with E-state index in [1.807, 2.05) is 19.1 Å². The quantitative estimate of drug-likeness (QED) is 0.349. The van der Waals surface area contributed by atoms with Crippen molar-refractivity contribution in [2.45, 2.75) is 71.1 Å². The zero-order valence-electron chi connectivity index (χ0n) is 14.7. The Morgan fingerprint density at radius 3 is 2.20 bits per heavy atom. The Labute approximate surface area is 127 Å². The summed E-state index contributed by atoms with van der Waals surface area (Å²) in [6, 6.07) is 0. The summed E-state index contributed by atoms with van der Waals surface area (Å²) in [5.41, 5.74) is 0. The first kappa shape index (κ1) is 15.1. The van der Waals surface area contributed by atoms with Crippen molar-refractivity contribution in [2.24, 2.45) is 0 Å². The molecule has 0 bridgehead atoms. The van der Waals surface area contributed by atoms with Crippen LogP contribution in [0.3, 0.4) is 0 Å². The Bertz CT molecular complexity index is 371. The van der Waals surface area contributed by atoms with E-state index >= 15 is 0 Å². The number of hydrogen-bond acceptors (Lipinski definition) is 1. The molecule has 0 rings (SSSR count). The number of carboxylic acid groups (broad SMARTS) is 1. The van der Waals surface area contributed by atoms with Gasteiger partial charge in [-0.2, -0.15) is 0 Å². The van der Waals surface area contributed by atoms with Crippen molar-refractivity contribution in [1.29, 1.82) is 0 Å². The van der Waals surface area contributed by atoms with E-state index in [2.05, 4.69) is 12.2 Å². The molecule has 0 aliphatic carbocycles. The van der Waals surface area contributed by atoms with Gasteiger partial charge in [0.05, 0.1) is 0 Å². The minimum absolute atomic E-state index is 0.281. The standard InChI is InChI=1S/C18H30O2/c1-2-3-4-5-6-7-8-9-10-11-12-13-14-15-16-17-18(19)20/h3-4,6-7,10-11H,2,5,8-9,12-17H2,1H3,(H,19,20)/i5D2. The first-order chi connectivity index (χ1) is 10.5. The fraction of sp³-hybridized carbons (Fsp3) is 0.611. The average molecular weight is 280 g/mol. The van der Waals surface area contributed by atoms with Crippen molar-refractivity contribution >= 4 is 5.97 Å². The van der Waals surface area contributed by atoms with Gasteiger partial charge in [0, 0.05) is 9.16 Å². The van der Waals surface area contributed by atoms with Crippen molar-refractivity contribution in [3.8, 4) is 0 Å². The molecule has 0 aliphatic heterocycles. The van der Waals surface area contributed by atoms with E-state index in [0.29, 0.717) is 0 Å². The Hall–Kier alpha value is -1.31. The van der Waals surface area contributed by atoms with Gasteiger partial charge in [-0.1, -0.05) is 56.2 Å². The van der Waals surface area contributed by atoms with Crippen LogP contribution in [-0.4, -0.2) is 11.1 Å². The molecule has 0 radical (unpaired) electrons. The highest BCUT2D eigenvalue weighted by Crippen LogP contribution is 2.06. The van der Waals surface area contributed by atoms with Crippen molar-refractivity contribution in [2.75, 3.05) is 0 Å². The van der Waals surface area contributed by atoms with Crippen LogP contribution in [0, 0.1) is 0 Å². The van der Waals surface area contributed by atoms with Gasteiger partial charge < -0.3 is 5.11 Å². The predicted molar refractivity (Wildman–Crippen MR) is 86.9 cm³/mol. The van der Waals surface area contributed by atoms with Crippen molar-refractivity contribution in [3.63, 3.8) is 0 Å². The Morgan fingerprint density at radius 1 is 0.900 bits per heavy atom. The molecular formula is C18H30O2. The first-order valence-corrected chi connectivity index (χ1v) is 7.70. The summed E-state index contributed by atoms with van der Waals surface area (Å²) in [6.45, 7) is 1.99. The molecule has 2 heteroatoms. The molecule has 0 saturated heterocycles. The van der Waals surface area contributed by atoms with Crippen LogP contribution in [-0.2, 0) is 4.79 Å². The second-order valence-electron chi connectivity index (χ2n) is 4.78. The number of carboxylic acids is 1. The highest BCUT2D eigenvalue weighted by Gasteiger charge is 1.95. The van der Waals surface area contributed by atoms with Crippen molar-refractivity contribution in [3.05, 3.63) is 36.5 Å². The van der Waals surface area contributed by atoms with Gasteiger partial charge in [0.15, 0.2) is 0 Å². The van der Waals surface area contributed by atoms with Crippen LogP contribution >= 0.6 is 0 Å². The van der Waals surface area contributed by atoms with Crippen LogP contribution in [0.1, 0.15) is 73.8 Å². The molecule has 0 aromatic heterocycles. The van der Waals surface area contributed by atoms with E-state index in [0.717, 1.165) is 51.4 Å². The van der Waals surface area contributed by atoms with Crippen LogP contribution in [0.15, 0.2) is 36.5 Å². The highest BCUT2D eigenvalue weighted by molar-refractivity contribution is 5.66. The van der Waals surface area contributed by atoms with Gasteiger partial charge in [-0.3, -0.25) is 4.79 Å². The van der Waals surface area contributed by atoms with E-state index in [9.17, 15) is 4.79 Å². The lowest BCUT2D eigenvalue weighted by Gasteiger charge is -1.96. The lowest BCUT2D eigenvalue weighted by molar-refractivity contribution is -0.137. The molecule has 20 heavy (non-hydrogen) atoms. The third kappa shape index (κ3) is 16.7. The van der Waals surface area contributed by atoms with E-state index in [-0.39, 0.29) is 6.42 Å². The van der Waals surface area contributed by atoms with Gasteiger partial charge in [-0.05, 0) is 44.9 Å². The maximum absolute atomic E-state index is 10.3. The molecule has 0 unspecified atom stereocenters. The summed E-state index contributed by atoms with van der Waals surface area (Å²) in [6.07, 6.45) is 17.9. The smallest absolute Gasteiger partial charge is 0.303 e. The predicted octanol–water partition coefficient (Wildman–Crippen LogP) is 5.66. The summed E-state index contributed by atoms with van der Waals surface area (Å²) in [4.78, 5) is 10.3. The highest BCUT2D eigenvalue weighted by atomic mass is 16.4. The summed E-state index contributed by atoms with van der Waals surface area (Å²) >= 11 is 0. The topological polar surface area (TPSA) is 37.3 Å². The molecule has 0 aromatic rings. The molecule has 0 amide bonds. The molecular weight excluding hydrogens is 248 g/mol. The molecule has 0 saturated carbocycles. The van der Waals surface area contributed by atoms with Gasteiger partial charge in [0.25, 0.3) is 0 Å². The van der Waals surface area contributed by atoms with E-state index in [1.54, 1.807) is 12.2 Å². The Kier molecular flexibility index (Phi) is 11.9. The van der Waals surface area contributed by atoms with Crippen LogP contribution in [0.4, 0.5) is 0 Å². The number of rotatable bonds is 13. The zero-order chi connectivity index (χ0) is 16.7. The Balaban J connectivity index is 3.55. The number of aliphatic carboxylic acids is 1. The molecule has 114 valence electrons. The number of hydrogen-bond donors (Lipinski definition) is 1. The van der Waals surface area contributed by atoms with Crippen molar-refractivity contribution in [1.82, 2.24) is 0 Å². The maximum Gasteiger partial charge on any atom is 0.303 e. The molecule has 0 aromatic carbocycles. The van der Waals surface area contributed by atoms with Crippen LogP contribution in [0.2, 0.25) is 0 Å². The third-order valence-electron chi connectivity index (χ3n) is 2.84. The van der Waals surface area contributed by atoms with Crippen LogP contribution in [0.5, 0.6) is 0 Å². The van der Waals surface area contributed by atoms with Crippen LogP contribution < -0.4 is 0 Å². The van der Waals surface area contributed by atoms with Gasteiger partial charge in [-0.15, -0.1) is 0 Å². The monoisotopic (exact) mass is 280 g/mol. The Morgan fingerprint density at radius 2 is 1.50 bits per heavy atom. The minimum Gasteiger partial charge on any atom is -0.481 e. The average Bonchev–Trinajstić information content (AvgIpc) is 2.46. The summed E-state index contributed by atoms with van der Waals surface area (Å²) in [5, 5.41) is 8.51. The summed E-state index contributed by atoms with van der Waals surface area (Å²) in [5.74, 6) is -0.706. The lowest BCUT2D eigenvalue weighted by atomic mass is 10.1. The summed E-state index contributed by atoms with van der Waals surface area (Å²) < 4.78 is 15.4. The van der Waals surface area contributed by atoms with Gasteiger partial charge in [0.1, 0.15) is 0 Å². The fourth-order valence-corrected chi connectivity index (χ4v) is 1.71. The molecule has 1 N–H and O–H groups in total. The number of unbranched alkanes of at least 4 members (excludes halogenated alkanes) is 5. The number of carbonyl (C=O) groups is 1.